The van der Waals surface area contributed by atoms with Gasteiger partial charge in [0.2, 0.25) is 0 Å². The normalized spacial score (nSPS) is 29.0. The van der Waals surface area contributed by atoms with Crippen LogP contribution < -0.4 is 0 Å². The first-order valence-electron chi connectivity index (χ1n) is 7.22. The standard InChI is InChI=1S/C16H19NO5/c1-21-11-15-8-16(9-15,13(18)19)17(10-15)14(20)22-7-12-5-3-2-4-6-12/h2-6H,7-11H2,1H3,(H,18,19). The highest BCUT2D eigenvalue weighted by Gasteiger charge is 2.71. The molecule has 2 saturated heterocycles. The van der Waals surface area contributed by atoms with Gasteiger partial charge in [0.15, 0.2) is 0 Å². The third-order valence-electron chi connectivity index (χ3n) is 4.62. The zero-order valence-electron chi connectivity index (χ0n) is 12.4. The summed E-state index contributed by atoms with van der Waals surface area (Å²) in [5, 5.41) is 9.51. The molecule has 1 aliphatic carbocycles. The molecule has 0 spiro atoms. The molecular weight excluding hydrogens is 286 g/mol. The first kappa shape index (κ1) is 14.8. The third kappa shape index (κ3) is 2.23. The molecule has 1 N–H and O–H groups in total. The Hall–Kier alpha value is -2.08. The number of carboxylic acids is 1. The maximum atomic E-state index is 12.3. The van der Waals surface area contributed by atoms with Crippen molar-refractivity contribution in [3.63, 3.8) is 0 Å². The second kappa shape index (κ2) is 5.28. The molecule has 1 saturated carbocycles. The Morgan fingerprint density at radius 2 is 1.95 bits per heavy atom. The van der Waals surface area contributed by atoms with Gasteiger partial charge in [-0.25, -0.2) is 9.59 Å². The van der Waals surface area contributed by atoms with Crippen molar-refractivity contribution in [1.29, 1.82) is 0 Å². The molecule has 3 aliphatic rings. The van der Waals surface area contributed by atoms with Crippen LogP contribution in [0.15, 0.2) is 30.3 Å². The molecular formula is C16H19NO5. The van der Waals surface area contributed by atoms with Gasteiger partial charge in [0.05, 0.1) is 6.61 Å². The fourth-order valence-electron chi connectivity index (χ4n) is 3.74. The third-order valence-corrected chi connectivity index (χ3v) is 4.62. The zero-order valence-corrected chi connectivity index (χ0v) is 12.4. The highest BCUT2D eigenvalue weighted by Crippen LogP contribution is 2.59. The Labute approximate surface area is 128 Å². The smallest absolute Gasteiger partial charge is 0.411 e. The lowest BCUT2D eigenvalue weighted by atomic mass is 9.62. The van der Waals surface area contributed by atoms with E-state index < -0.39 is 17.6 Å². The van der Waals surface area contributed by atoms with Gasteiger partial charge in [0.1, 0.15) is 12.1 Å². The van der Waals surface area contributed by atoms with Crippen LogP contribution in [0.3, 0.4) is 0 Å². The van der Waals surface area contributed by atoms with Gasteiger partial charge in [-0.05, 0) is 18.4 Å². The largest absolute Gasteiger partial charge is 0.479 e. The van der Waals surface area contributed by atoms with Crippen molar-refractivity contribution in [3.8, 4) is 0 Å². The van der Waals surface area contributed by atoms with Crippen LogP contribution in [0.2, 0.25) is 0 Å². The molecule has 3 fully saturated rings. The minimum atomic E-state index is -1.12. The number of rotatable bonds is 5. The predicted molar refractivity (Wildman–Crippen MR) is 77.2 cm³/mol. The number of fused-ring (bicyclic) bond motifs is 1. The van der Waals surface area contributed by atoms with E-state index in [0.29, 0.717) is 26.0 Å². The van der Waals surface area contributed by atoms with E-state index in [0.717, 1.165) is 5.56 Å². The second-order valence-electron chi connectivity index (χ2n) is 6.25. The van der Waals surface area contributed by atoms with Crippen LogP contribution in [0.5, 0.6) is 0 Å². The van der Waals surface area contributed by atoms with Crippen molar-refractivity contribution in [1.82, 2.24) is 4.90 Å². The number of benzene rings is 1. The van der Waals surface area contributed by atoms with E-state index in [-0.39, 0.29) is 12.0 Å². The van der Waals surface area contributed by atoms with Gasteiger partial charge in [-0.3, -0.25) is 4.90 Å². The number of ether oxygens (including phenoxy) is 2. The Kier molecular flexibility index (Phi) is 3.56. The van der Waals surface area contributed by atoms with E-state index in [2.05, 4.69) is 0 Å². The molecule has 118 valence electrons. The number of carboxylic acid groups (broad SMARTS) is 1. The highest BCUT2D eigenvalue weighted by molar-refractivity contribution is 5.87. The molecule has 0 atom stereocenters. The maximum Gasteiger partial charge on any atom is 0.411 e. The minimum absolute atomic E-state index is 0.142. The first-order chi connectivity index (χ1) is 10.5. The maximum absolute atomic E-state index is 12.3. The van der Waals surface area contributed by atoms with Gasteiger partial charge in [-0.2, -0.15) is 0 Å². The van der Waals surface area contributed by atoms with Crippen molar-refractivity contribution in [2.45, 2.75) is 25.0 Å². The average Bonchev–Trinajstić information content (AvgIpc) is 2.98. The van der Waals surface area contributed by atoms with Crippen LogP contribution in [-0.4, -0.2) is 47.9 Å². The van der Waals surface area contributed by atoms with Crippen LogP contribution in [-0.2, 0) is 20.9 Å². The molecule has 2 bridgehead atoms. The molecule has 22 heavy (non-hydrogen) atoms. The molecule has 4 rings (SSSR count). The summed E-state index contributed by atoms with van der Waals surface area (Å²) >= 11 is 0. The summed E-state index contributed by atoms with van der Waals surface area (Å²) in [5.41, 5.74) is -0.482. The molecule has 6 nitrogen and oxygen atoms in total. The van der Waals surface area contributed by atoms with Crippen LogP contribution in [0, 0.1) is 5.41 Å². The Balaban J connectivity index is 1.68. The Morgan fingerprint density at radius 1 is 1.27 bits per heavy atom. The molecule has 0 radical (unpaired) electrons. The number of nitrogens with zero attached hydrogens (tertiary/aromatic N) is 1. The fourth-order valence-corrected chi connectivity index (χ4v) is 3.74. The number of carbonyl (C=O) groups is 2. The predicted octanol–water partition coefficient (Wildman–Crippen LogP) is 1.89. The van der Waals surface area contributed by atoms with E-state index in [1.807, 2.05) is 30.3 Å². The van der Waals surface area contributed by atoms with Crippen LogP contribution >= 0.6 is 0 Å². The molecule has 1 aromatic carbocycles. The van der Waals surface area contributed by atoms with E-state index in [9.17, 15) is 14.7 Å². The average molecular weight is 305 g/mol. The highest BCUT2D eigenvalue weighted by atomic mass is 16.6. The summed E-state index contributed by atoms with van der Waals surface area (Å²) in [6, 6.07) is 9.33. The molecule has 2 aliphatic heterocycles. The SMILES string of the molecule is COCC12CN(C(=O)OCc3ccccc3)C(C(=O)O)(C1)C2. The van der Waals surface area contributed by atoms with Gasteiger partial charge in [0, 0.05) is 19.1 Å². The van der Waals surface area contributed by atoms with Gasteiger partial charge in [-0.15, -0.1) is 0 Å². The minimum Gasteiger partial charge on any atom is -0.479 e. The number of carbonyl (C=O) groups excluding carboxylic acids is 1. The van der Waals surface area contributed by atoms with Gasteiger partial charge in [0.25, 0.3) is 0 Å². The lowest BCUT2D eigenvalue weighted by Gasteiger charge is -2.43. The van der Waals surface area contributed by atoms with E-state index in [1.165, 1.54) is 4.90 Å². The zero-order chi connectivity index (χ0) is 15.8. The molecule has 0 unspecified atom stereocenters. The summed E-state index contributed by atoms with van der Waals surface area (Å²) in [6.07, 6.45) is 0.300. The van der Waals surface area contributed by atoms with Crippen molar-refractivity contribution < 1.29 is 24.2 Å². The number of amides is 1. The lowest BCUT2D eigenvalue weighted by Crippen LogP contribution is -2.57. The molecule has 1 aromatic rings. The summed E-state index contributed by atoms with van der Waals surface area (Å²) in [5.74, 6) is -0.964. The van der Waals surface area contributed by atoms with Crippen LogP contribution in [0.1, 0.15) is 18.4 Å². The van der Waals surface area contributed by atoms with E-state index in [1.54, 1.807) is 7.11 Å². The summed E-state index contributed by atoms with van der Waals surface area (Å²) < 4.78 is 10.5. The molecule has 0 aromatic heterocycles. The monoisotopic (exact) mass is 305 g/mol. The van der Waals surface area contributed by atoms with E-state index in [4.69, 9.17) is 9.47 Å². The number of methoxy groups -OCH3 is 1. The molecule has 1 amide bonds. The van der Waals surface area contributed by atoms with E-state index >= 15 is 0 Å². The van der Waals surface area contributed by atoms with Gasteiger partial charge in [-0.1, -0.05) is 30.3 Å². The van der Waals surface area contributed by atoms with Gasteiger partial charge < -0.3 is 14.6 Å². The number of aliphatic carboxylic acids is 1. The fraction of sp³-hybridized carbons (Fsp3) is 0.500. The van der Waals surface area contributed by atoms with Crippen molar-refractivity contribution in [2.75, 3.05) is 20.3 Å². The number of hydrogen-bond donors (Lipinski definition) is 1. The molecule has 6 heteroatoms. The van der Waals surface area contributed by atoms with Crippen LogP contribution in [0.4, 0.5) is 4.79 Å². The van der Waals surface area contributed by atoms with Crippen molar-refractivity contribution in [3.05, 3.63) is 35.9 Å². The topological polar surface area (TPSA) is 76.1 Å². The van der Waals surface area contributed by atoms with Crippen molar-refractivity contribution >= 4 is 12.1 Å². The summed E-state index contributed by atoms with van der Waals surface area (Å²) in [7, 11) is 1.59. The quantitative estimate of drug-likeness (QED) is 0.899. The second-order valence-corrected chi connectivity index (χ2v) is 6.25. The molecule has 2 heterocycles. The summed E-state index contributed by atoms with van der Waals surface area (Å²) in [4.78, 5) is 25.3. The lowest BCUT2D eigenvalue weighted by molar-refractivity contribution is -0.155. The Morgan fingerprint density at radius 3 is 2.55 bits per heavy atom. The van der Waals surface area contributed by atoms with Crippen molar-refractivity contribution in [2.24, 2.45) is 5.41 Å². The van der Waals surface area contributed by atoms with Gasteiger partial charge >= 0.3 is 12.1 Å². The number of hydrogen-bond acceptors (Lipinski definition) is 4. The summed E-state index contributed by atoms with van der Waals surface area (Å²) in [6.45, 7) is 0.981. The first-order valence-corrected chi connectivity index (χ1v) is 7.22. The van der Waals surface area contributed by atoms with Crippen LogP contribution in [0.25, 0.3) is 0 Å². The Bertz CT molecular complexity index is 579.